The van der Waals surface area contributed by atoms with E-state index in [4.69, 9.17) is 0 Å². The maximum Gasteiger partial charge on any atom is 0.274 e. The summed E-state index contributed by atoms with van der Waals surface area (Å²) < 4.78 is 0. The first kappa shape index (κ1) is 16.4. The number of carbonyl (C=O) groups excluding carboxylic acids is 1. The molecule has 0 radical (unpaired) electrons. The van der Waals surface area contributed by atoms with Crippen molar-refractivity contribution in [2.75, 3.05) is 19.6 Å². The molecule has 27 heavy (non-hydrogen) atoms. The Hall–Kier alpha value is -2.79. The summed E-state index contributed by atoms with van der Waals surface area (Å²) in [5.41, 5.74) is 4.92. The Morgan fingerprint density at radius 1 is 0.963 bits per heavy atom. The van der Waals surface area contributed by atoms with Gasteiger partial charge in [-0.2, -0.15) is 0 Å². The number of para-hydroxylation sites is 2. The van der Waals surface area contributed by atoms with Gasteiger partial charge >= 0.3 is 0 Å². The van der Waals surface area contributed by atoms with E-state index in [-0.39, 0.29) is 5.91 Å². The highest BCUT2D eigenvalue weighted by Crippen LogP contribution is 2.25. The minimum absolute atomic E-state index is 0.00633. The first-order chi connectivity index (χ1) is 13.3. The van der Waals surface area contributed by atoms with Crippen LogP contribution in [0.5, 0.6) is 0 Å². The topological polar surface area (TPSA) is 49.3 Å². The van der Waals surface area contributed by atoms with Crippen LogP contribution in [0.4, 0.5) is 0 Å². The van der Waals surface area contributed by atoms with Crippen LogP contribution in [-0.2, 0) is 13.0 Å². The number of likely N-dealkylation sites (tertiary alicyclic amines) is 1. The first-order valence-electron chi connectivity index (χ1n) is 9.60. The van der Waals surface area contributed by atoms with Gasteiger partial charge < -0.3 is 4.90 Å². The highest BCUT2D eigenvalue weighted by atomic mass is 16.2. The average molecular weight is 358 g/mol. The lowest BCUT2D eigenvalue weighted by Crippen LogP contribution is -2.41. The Labute approximate surface area is 158 Å². The third-order valence-corrected chi connectivity index (χ3v) is 5.79. The normalized spacial score (nSPS) is 20.0. The SMILES string of the molecule is O=C(c1cnc2ccccc2n1)N1CCC(N2CCc3ccccc3C2)C1. The molecule has 5 rings (SSSR count). The zero-order chi connectivity index (χ0) is 18.2. The summed E-state index contributed by atoms with van der Waals surface area (Å²) in [4.78, 5) is 26.3. The Morgan fingerprint density at radius 3 is 2.63 bits per heavy atom. The molecule has 1 fully saturated rings. The summed E-state index contributed by atoms with van der Waals surface area (Å²) in [7, 11) is 0. The summed E-state index contributed by atoms with van der Waals surface area (Å²) in [6.07, 6.45) is 3.72. The standard InChI is InChI=1S/C22H22N4O/c27-22(21-13-23-19-7-3-4-8-20(19)24-21)26-12-10-18(15-26)25-11-9-16-5-1-2-6-17(16)14-25/h1-8,13,18H,9-12,14-15H2. The Morgan fingerprint density at radius 2 is 1.74 bits per heavy atom. The number of fused-ring (bicyclic) bond motifs is 2. The lowest BCUT2D eigenvalue weighted by molar-refractivity contribution is 0.0767. The number of nitrogens with zero attached hydrogens (tertiary/aromatic N) is 4. The van der Waals surface area contributed by atoms with Gasteiger partial charge in [0.25, 0.3) is 5.91 Å². The van der Waals surface area contributed by atoms with Crippen LogP contribution in [0.1, 0.15) is 28.0 Å². The second kappa shape index (κ2) is 6.74. The van der Waals surface area contributed by atoms with Crippen molar-refractivity contribution < 1.29 is 4.79 Å². The highest BCUT2D eigenvalue weighted by Gasteiger charge is 2.32. The maximum atomic E-state index is 12.9. The molecule has 5 heteroatoms. The van der Waals surface area contributed by atoms with Crippen LogP contribution in [0.15, 0.2) is 54.7 Å². The molecule has 1 atom stereocenters. The van der Waals surface area contributed by atoms with Crippen LogP contribution in [0.2, 0.25) is 0 Å². The molecule has 0 aliphatic carbocycles. The summed E-state index contributed by atoms with van der Waals surface area (Å²) in [5.74, 6) is -0.00633. The third kappa shape index (κ3) is 3.08. The van der Waals surface area contributed by atoms with Crippen LogP contribution in [0.3, 0.4) is 0 Å². The summed E-state index contributed by atoms with van der Waals surface area (Å²) >= 11 is 0. The fourth-order valence-electron chi connectivity index (χ4n) is 4.28. The van der Waals surface area contributed by atoms with E-state index in [1.807, 2.05) is 29.2 Å². The number of amides is 1. The highest BCUT2D eigenvalue weighted by molar-refractivity contribution is 5.94. The van der Waals surface area contributed by atoms with Gasteiger partial charge in [0, 0.05) is 32.2 Å². The molecule has 0 bridgehead atoms. The predicted molar refractivity (Wildman–Crippen MR) is 104 cm³/mol. The van der Waals surface area contributed by atoms with Crippen molar-refractivity contribution >= 4 is 16.9 Å². The number of aromatic nitrogens is 2. The number of hydrogen-bond acceptors (Lipinski definition) is 4. The third-order valence-electron chi connectivity index (χ3n) is 5.79. The molecule has 2 aliphatic rings. The molecule has 2 aromatic carbocycles. The lowest BCUT2D eigenvalue weighted by Gasteiger charge is -2.33. The fourth-order valence-corrected chi connectivity index (χ4v) is 4.28. The molecule has 2 aliphatic heterocycles. The van der Waals surface area contributed by atoms with Gasteiger partial charge in [-0.25, -0.2) is 4.98 Å². The zero-order valence-electron chi connectivity index (χ0n) is 15.2. The first-order valence-corrected chi connectivity index (χ1v) is 9.60. The van der Waals surface area contributed by atoms with E-state index in [0.29, 0.717) is 11.7 Å². The molecule has 1 saturated heterocycles. The monoisotopic (exact) mass is 358 g/mol. The van der Waals surface area contributed by atoms with E-state index in [9.17, 15) is 4.79 Å². The molecular weight excluding hydrogens is 336 g/mol. The molecule has 0 spiro atoms. The van der Waals surface area contributed by atoms with Crippen LogP contribution in [0, 0.1) is 0 Å². The smallest absolute Gasteiger partial charge is 0.274 e. The van der Waals surface area contributed by atoms with Gasteiger partial charge in [-0.05, 0) is 36.1 Å². The van der Waals surface area contributed by atoms with Crippen molar-refractivity contribution in [1.82, 2.24) is 19.8 Å². The Bertz CT molecular complexity index is 1000. The molecule has 3 aromatic rings. The van der Waals surface area contributed by atoms with Crippen LogP contribution >= 0.6 is 0 Å². The van der Waals surface area contributed by atoms with E-state index < -0.39 is 0 Å². The van der Waals surface area contributed by atoms with Crippen molar-refractivity contribution in [3.05, 3.63) is 71.5 Å². The zero-order valence-corrected chi connectivity index (χ0v) is 15.2. The van der Waals surface area contributed by atoms with Crippen LogP contribution in [0.25, 0.3) is 11.0 Å². The molecule has 3 heterocycles. The molecule has 1 unspecified atom stereocenters. The van der Waals surface area contributed by atoms with Crippen molar-refractivity contribution in [2.24, 2.45) is 0 Å². The predicted octanol–water partition coefficient (Wildman–Crippen LogP) is 2.90. The summed E-state index contributed by atoms with van der Waals surface area (Å²) in [6.45, 7) is 3.61. The van der Waals surface area contributed by atoms with Gasteiger partial charge in [0.2, 0.25) is 0 Å². The minimum atomic E-state index is -0.00633. The van der Waals surface area contributed by atoms with Crippen LogP contribution < -0.4 is 0 Å². The number of hydrogen-bond donors (Lipinski definition) is 0. The molecule has 5 nitrogen and oxygen atoms in total. The van der Waals surface area contributed by atoms with Gasteiger partial charge in [0.15, 0.2) is 0 Å². The second-order valence-electron chi connectivity index (χ2n) is 7.43. The quantitative estimate of drug-likeness (QED) is 0.707. The number of rotatable bonds is 2. The second-order valence-corrected chi connectivity index (χ2v) is 7.43. The van der Waals surface area contributed by atoms with E-state index in [1.54, 1.807) is 6.20 Å². The van der Waals surface area contributed by atoms with Gasteiger partial charge in [0.1, 0.15) is 5.69 Å². The lowest BCUT2D eigenvalue weighted by atomic mass is 9.98. The van der Waals surface area contributed by atoms with Crippen LogP contribution in [-0.4, -0.2) is 51.4 Å². The maximum absolute atomic E-state index is 12.9. The Balaban J connectivity index is 1.29. The fraction of sp³-hybridized carbons (Fsp3) is 0.318. The van der Waals surface area contributed by atoms with E-state index in [1.165, 1.54) is 11.1 Å². The van der Waals surface area contributed by atoms with E-state index in [2.05, 4.69) is 39.1 Å². The molecule has 136 valence electrons. The number of benzene rings is 2. The van der Waals surface area contributed by atoms with Crippen molar-refractivity contribution in [3.8, 4) is 0 Å². The van der Waals surface area contributed by atoms with E-state index in [0.717, 1.165) is 50.1 Å². The Kier molecular flexibility index (Phi) is 4.09. The van der Waals surface area contributed by atoms with E-state index >= 15 is 0 Å². The van der Waals surface area contributed by atoms with Crippen molar-refractivity contribution in [3.63, 3.8) is 0 Å². The number of carbonyl (C=O) groups is 1. The van der Waals surface area contributed by atoms with Gasteiger partial charge in [-0.1, -0.05) is 36.4 Å². The molecule has 1 aromatic heterocycles. The molecular formula is C22H22N4O. The minimum Gasteiger partial charge on any atom is -0.336 e. The molecule has 0 N–H and O–H groups in total. The van der Waals surface area contributed by atoms with Crippen molar-refractivity contribution in [2.45, 2.75) is 25.4 Å². The largest absolute Gasteiger partial charge is 0.336 e. The summed E-state index contributed by atoms with van der Waals surface area (Å²) in [6, 6.07) is 16.8. The summed E-state index contributed by atoms with van der Waals surface area (Å²) in [5, 5.41) is 0. The molecule has 1 amide bonds. The van der Waals surface area contributed by atoms with Gasteiger partial charge in [0.05, 0.1) is 17.2 Å². The molecule has 0 saturated carbocycles. The van der Waals surface area contributed by atoms with Gasteiger partial charge in [-0.15, -0.1) is 0 Å². The van der Waals surface area contributed by atoms with Crippen molar-refractivity contribution in [1.29, 1.82) is 0 Å². The van der Waals surface area contributed by atoms with Gasteiger partial charge in [-0.3, -0.25) is 14.7 Å². The average Bonchev–Trinajstić information content (AvgIpc) is 3.23.